The Bertz CT molecular complexity index is 285. The quantitative estimate of drug-likeness (QED) is 0.765. The van der Waals surface area contributed by atoms with E-state index in [2.05, 4.69) is 5.32 Å². The Labute approximate surface area is 111 Å². The highest BCUT2D eigenvalue weighted by Crippen LogP contribution is 2.25. The normalized spacial score (nSPS) is 17.5. The average molecular weight is 253 g/mol. The molecule has 0 aromatic rings. The number of carbonyl (C=O) groups is 2. The summed E-state index contributed by atoms with van der Waals surface area (Å²) in [6.45, 7) is 6.31. The Hall–Kier alpha value is -0.860. The molecule has 1 N–H and O–H groups in total. The van der Waals surface area contributed by atoms with Crippen LogP contribution in [-0.4, -0.2) is 18.2 Å². The molecule has 0 aromatic heterocycles. The van der Waals surface area contributed by atoms with Gasteiger partial charge in [-0.25, -0.2) is 0 Å². The molecule has 1 amide bonds. The number of hydrogen-bond acceptors (Lipinski definition) is 2. The lowest BCUT2D eigenvalue weighted by Crippen LogP contribution is -2.35. The van der Waals surface area contributed by atoms with Gasteiger partial charge >= 0.3 is 0 Å². The van der Waals surface area contributed by atoms with E-state index in [9.17, 15) is 9.59 Å². The second-order valence-electron chi connectivity index (χ2n) is 6.41. The van der Waals surface area contributed by atoms with Gasteiger partial charge in [-0.05, 0) is 19.3 Å². The molecular weight excluding hydrogens is 226 g/mol. The van der Waals surface area contributed by atoms with Gasteiger partial charge in [-0.3, -0.25) is 9.59 Å². The van der Waals surface area contributed by atoms with Crippen molar-refractivity contribution in [1.82, 2.24) is 5.32 Å². The Balaban J connectivity index is 2.14. The zero-order valence-corrected chi connectivity index (χ0v) is 12.1. The van der Waals surface area contributed by atoms with Crippen molar-refractivity contribution < 1.29 is 9.59 Å². The lowest BCUT2D eigenvalue weighted by atomic mass is 9.85. The van der Waals surface area contributed by atoms with Crippen LogP contribution >= 0.6 is 0 Å². The van der Waals surface area contributed by atoms with Crippen molar-refractivity contribution >= 4 is 11.7 Å². The SMILES string of the molecule is CC(C)(C)C(=O)NCCCC(=O)C1CCCCC1. The summed E-state index contributed by atoms with van der Waals surface area (Å²) < 4.78 is 0. The van der Waals surface area contributed by atoms with Crippen molar-refractivity contribution in [2.24, 2.45) is 11.3 Å². The van der Waals surface area contributed by atoms with Gasteiger partial charge in [0.1, 0.15) is 5.78 Å². The number of amides is 1. The third-order valence-corrected chi connectivity index (χ3v) is 3.63. The molecule has 1 rings (SSSR count). The van der Waals surface area contributed by atoms with Crippen LogP contribution in [0.2, 0.25) is 0 Å². The van der Waals surface area contributed by atoms with E-state index >= 15 is 0 Å². The molecule has 0 aromatic carbocycles. The molecule has 0 aliphatic heterocycles. The first-order chi connectivity index (χ1) is 8.41. The van der Waals surface area contributed by atoms with Gasteiger partial charge in [-0.1, -0.05) is 40.0 Å². The van der Waals surface area contributed by atoms with E-state index in [0.29, 0.717) is 24.7 Å². The number of nitrogens with one attached hydrogen (secondary N) is 1. The van der Waals surface area contributed by atoms with E-state index in [4.69, 9.17) is 0 Å². The predicted octanol–water partition coefficient (Wildman–Crippen LogP) is 3.08. The van der Waals surface area contributed by atoms with E-state index in [1.165, 1.54) is 19.3 Å². The maximum Gasteiger partial charge on any atom is 0.225 e. The molecular formula is C15H27NO2. The highest BCUT2D eigenvalue weighted by molar-refractivity contribution is 5.82. The fraction of sp³-hybridized carbons (Fsp3) is 0.867. The molecule has 0 saturated heterocycles. The molecule has 3 heteroatoms. The topological polar surface area (TPSA) is 46.2 Å². The minimum absolute atomic E-state index is 0.0626. The van der Waals surface area contributed by atoms with Crippen LogP contribution in [0.4, 0.5) is 0 Å². The maximum absolute atomic E-state index is 11.9. The van der Waals surface area contributed by atoms with Crippen LogP contribution in [0.3, 0.4) is 0 Å². The molecule has 0 spiro atoms. The van der Waals surface area contributed by atoms with Gasteiger partial charge < -0.3 is 5.32 Å². The van der Waals surface area contributed by atoms with Crippen LogP contribution in [0.15, 0.2) is 0 Å². The van der Waals surface area contributed by atoms with Gasteiger partial charge in [0.15, 0.2) is 0 Å². The molecule has 0 heterocycles. The van der Waals surface area contributed by atoms with Crippen LogP contribution in [0.5, 0.6) is 0 Å². The number of carbonyl (C=O) groups excluding carboxylic acids is 2. The Morgan fingerprint density at radius 2 is 1.72 bits per heavy atom. The first kappa shape index (κ1) is 15.2. The first-order valence-electron chi connectivity index (χ1n) is 7.22. The summed E-state index contributed by atoms with van der Waals surface area (Å²) in [7, 11) is 0. The standard InChI is InChI=1S/C15H27NO2/c1-15(2,3)14(18)16-11-7-10-13(17)12-8-5-4-6-9-12/h12H,4-11H2,1-3H3,(H,16,18). The lowest BCUT2D eigenvalue weighted by molar-refractivity contribution is -0.129. The van der Waals surface area contributed by atoms with Crippen molar-refractivity contribution in [1.29, 1.82) is 0 Å². The predicted molar refractivity (Wildman–Crippen MR) is 73.3 cm³/mol. The molecule has 104 valence electrons. The van der Waals surface area contributed by atoms with Crippen LogP contribution in [0, 0.1) is 11.3 Å². The smallest absolute Gasteiger partial charge is 0.225 e. The minimum Gasteiger partial charge on any atom is -0.356 e. The Morgan fingerprint density at radius 1 is 1.11 bits per heavy atom. The molecule has 1 aliphatic carbocycles. The van der Waals surface area contributed by atoms with Crippen LogP contribution < -0.4 is 5.32 Å². The minimum atomic E-state index is -0.340. The van der Waals surface area contributed by atoms with Crippen molar-refractivity contribution in [2.75, 3.05) is 6.54 Å². The zero-order valence-electron chi connectivity index (χ0n) is 12.1. The largest absolute Gasteiger partial charge is 0.356 e. The van der Waals surface area contributed by atoms with Gasteiger partial charge in [-0.15, -0.1) is 0 Å². The van der Waals surface area contributed by atoms with E-state index in [-0.39, 0.29) is 11.3 Å². The summed E-state index contributed by atoms with van der Waals surface area (Å²) in [5.41, 5.74) is -0.340. The molecule has 0 bridgehead atoms. The molecule has 1 aliphatic rings. The number of rotatable bonds is 5. The Kier molecular flexibility index (Phi) is 5.83. The summed E-state index contributed by atoms with van der Waals surface area (Å²) in [5, 5.41) is 2.89. The number of ketones is 1. The molecule has 18 heavy (non-hydrogen) atoms. The third kappa shape index (κ3) is 5.19. The molecule has 3 nitrogen and oxygen atoms in total. The van der Waals surface area contributed by atoms with Gasteiger partial charge in [-0.2, -0.15) is 0 Å². The summed E-state index contributed by atoms with van der Waals surface area (Å²) in [5.74, 6) is 0.768. The van der Waals surface area contributed by atoms with Crippen molar-refractivity contribution in [3.05, 3.63) is 0 Å². The van der Waals surface area contributed by atoms with Crippen LogP contribution in [0.25, 0.3) is 0 Å². The zero-order chi connectivity index (χ0) is 13.6. The molecule has 0 unspecified atom stereocenters. The van der Waals surface area contributed by atoms with Gasteiger partial charge in [0.2, 0.25) is 5.91 Å². The highest BCUT2D eigenvalue weighted by Gasteiger charge is 2.22. The summed E-state index contributed by atoms with van der Waals surface area (Å²) >= 11 is 0. The summed E-state index contributed by atoms with van der Waals surface area (Å²) in [6, 6.07) is 0. The highest BCUT2D eigenvalue weighted by atomic mass is 16.2. The van der Waals surface area contributed by atoms with Crippen LogP contribution in [0.1, 0.15) is 65.7 Å². The molecule has 0 radical (unpaired) electrons. The van der Waals surface area contributed by atoms with Gasteiger partial charge in [0.25, 0.3) is 0 Å². The van der Waals surface area contributed by atoms with E-state index in [1.54, 1.807) is 0 Å². The second-order valence-corrected chi connectivity index (χ2v) is 6.41. The van der Waals surface area contributed by atoms with Gasteiger partial charge in [0.05, 0.1) is 0 Å². The van der Waals surface area contributed by atoms with Gasteiger partial charge in [0, 0.05) is 24.3 Å². The summed E-state index contributed by atoms with van der Waals surface area (Å²) in [6.07, 6.45) is 7.24. The van der Waals surface area contributed by atoms with E-state index < -0.39 is 0 Å². The number of hydrogen-bond donors (Lipinski definition) is 1. The first-order valence-corrected chi connectivity index (χ1v) is 7.22. The van der Waals surface area contributed by atoms with Crippen molar-refractivity contribution in [2.45, 2.75) is 65.7 Å². The van der Waals surface area contributed by atoms with E-state index in [0.717, 1.165) is 19.3 Å². The van der Waals surface area contributed by atoms with E-state index in [1.807, 2.05) is 20.8 Å². The third-order valence-electron chi connectivity index (χ3n) is 3.63. The monoisotopic (exact) mass is 253 g/mol. The lowest BCUT2D eigenvalue weighted by Gasteiger charge is -2.20. The molecule has 0 atom stereocenters. The van der Waals surface area contributed by atoms with Crippen LogP contribution in [-0.2, 0) is 9.59 Å². The Morgan fingerprint density at radius 3 is 2.28 bits per heavy atom. The molecule has 1 saturated carbocycles. The molecule has 1 fully saturated rings. The van der Waals surface area contributed by atoms with Crippen molar-refractivity contribution in [3.63, 3.8) is 0 Å². The second kappa shape index (κ2) is 6.91. The maximum atomic E-state index is 11.9. The number of Topliss-reactive ketones (excluding diaryl/α,β-unsaturated/α-hetero) is 1. The van der Waals surface area contributed by atoms with Crippen molar-refractivity contribution in [3.8, 4) is 0 Å². The fourth-order valence-electron chi connectivity index (χ4n) is 2.36. The summed E-state index contributed by atoms with van der Waals surface area (Å²) in [4.78, 5) is 23.5. The average Bonchev–Trinajstić information content (AvgIpc) is 2.34. The fourth-order valence-corrected chi connectivity index (χ4v) is 2.36.